The van der Waals surface area contributed by atoms with Crippen molar-refractivity contribution in [3.63, 3.8) is 0 Å². The molecule has 0 bridgehead atoms. The van der Waals surface area contributed by atoms with Crippen LogP contribution in [0, 0.1) is 5.92 Å². The van der Waals surface area contributed by atoms with Gasteiger partial charge in [-0.1, -0.05) is 18.2 Å². The molecule has 23 heavy (non-hydrogen) atoms. The molecule has 1 aromatic heterocycles. The number of hydrogen-bond donors (Lipinski definition) is 0. The van der Waals surface area contributed by atoms with Crippen molar-refractivity contribution in [1.29, 1.82) is 0 Å². The van der Waals surface area contributed by atoms with E-state index in [9.17, 15) is 0 Å². The Balaban J connectivity index is 1.56. The lowest BCUT2D eigenvalue weighted by molar-refractivity contribution is -0.0761. The summed E-state index contributed by atoms with van der Waals surface area (Å²) in [4.78, 5) is 2.40. The lowest BCUT2D eigenvalue weighted by Crippen LogP contribution is -2.38. The molecule has 1 saturated heterocycles. The van der Waals surface area contributed by atoms with E-state index in [0.29, 0.717) is 5.92 Å². The zero-order chi connectivity index (χ0) is 16.3. The first-order valence-electron chi connectivity index (χ1n) is 8.43. The Morgan fingerprint density at radius 3 is 2.83 bits per heavy atom. The smallest absolute Gasteiger partial charge is 0.0645 e. The van der Waals surface area contributed by atoms with Gasteiger partial charge in [-0.05, 0) is 51.8 Å². The number of para-hydroxylation sites is 1. The monoisotopic (exact) mass is 313 g/mol. The molecule has 0 N–H and O–H groups in total. The molecule has 2 heterocycles. The molecule has 4 heteroatoms. The molecule has 2 aromatic rings. The van der Waals surface area contributed by atoms with E-state index in [2.05, 4.69) is 49.2 Å². The third-order valence-electron chi connectivity index (χ3n) is 4.48. The van der Waals surface area contributed by atoms with Crippen LogP contribution in [-0.2, 0) is 11.3 Å². The van der Waals surface area contributed by atoms with Gasteiger partial charge in [0, 0.05) is 31.5 Å². The van der Waals surface area contributed by atoms with Gasteiger partial charge in [0.15, 0.2) is 0 Å². The van der Waals surface area contributed by atoms with Crippen molar-refractivity contribution in [2.24, 2.45) is 5.92 Å². The van der Waals surface area contributed by atoms with Gasteiger partial charge in [0.2, 0.25) is 0 Å². The molecule has 0 amide bonds. The summed E-state index contributed by atoms with van der Waals surface area (Å²) in [5.41, 5.74) is 2.39. The largest absolute Gasteiger partial charge is 0.376 e. The molecule has 0 spiro atoms. The van der Waals surface area contributed by atoms with Crippen LogP contribution in [0.3, 0.4) is 0 Å². The first-order valence-corrected chi connectivity index (χ1v) is 8.43. The SMILES string of the molecule is CN(Cc1cnn(-c2ccccc2)c1)C[C@H]1CCOC(C)(C)C1. The van der Waals surface area contributed by atoms with Crippen molar-refractivity contribution in [2.75, 3.05) is 20.2 Å². The summed E-state index contributed by atoms with van der Waals surface area (Å²) in [6.45, 7) is 7.33. The predicted molar refractivity (Wildman–Crippen MR) is 92.7 cm³/mol. The van der Waals surface area contributed by atoms with Crippen molar-refractivity contribution in [3.8, 4) is 5.69 Å². The van der Waals surface area contributed by atoms with Gasteiger partial charge in [-0.25, -0.2) is 4.68 Å². The molecule has 3 rings (SSSR count). The van der Waals surface area contributed by atoms with E-state index in [1.807, 2.05) is 29.1 Å². The highest BCUT2D eigenvalue weighted by atomic mass is 16.5. The number of ether oxygens (including phenoxy) is 1. The number of aromatic nitrogens is 2. The Labute approximate surface area is 139 Å². The van der Waals surface area contributed by atoms with Crippen molar-refractivity contribution in [1.82, 2.24) is 14.7 Å². The van der Waals surface area contributed by atoms with Gasteiger partial charge in [0.1, 0.15) is 0 Å². The predicted octanol–water partition coefficient (Wildman–Crippen LogP) is 3.51. The molecular weight excluding hydrogens is 286 g/mol. The van der Waals surface area contributed by atoms with Crippen LogP contribution < -0.4 is 0 Å². The molecule has 1 aliphatic heterocycles. The summed E-state index contributed by atoms with van der Waals surface area (Å²) in [5.74, 6) is 0.716. The minimum Gasteiger partial charge on any atom is -0.376 e. The second kappa shape index (κ2) is 6.85. The Bertz CT molecular complexity index is 621. The number of nitrogens with zero attached hydrogens (tertiary/aromatic N) is 3. The zero-order valence-corrected chi connectivity index (χ0v) is 14.4. The van der Waals surface area contributed by atoms with Gasteiger partial charge in [0.05, 0.1) is 17.5 Å². The second-order valence-electron chi connectivity index (χ2n) is 7.29. The lowest BCUT2D eigenvalue weighted by Gasteiger charge is -2.37. The average molecular weight is 313 g/mol. The Hall–Kier alpha value is -1.65. The van der Waals surface area contributed by atoms with Crippen molar-refractivity contribution < 1.29 is 4.74 Å². The standard InChI is InChI=1S/C19H27N3O/c1-19(2)11-16(9-10-23-19)13-21(3)14-17-12-20-22(15-17)18-7-5-4-6-8-18/h4-8,12,15-16H,9-11,13-14H2,1-3H3/t16-/m0/s1. The highest BCUT2D eigenvalue weighted by molar-refractivity contribution is 5.30. The summed E-state index contributed by atoms with van der Waals surface area (Å²) >= 11 is 0. The molecule has 0 saturated carbocycles. The van der Waals surface area contributed by atoms with Gasteiger partial charge < -0.3 is 9.64 Å². The van der Waals surface area contributed by atoms with Crippen molar-refractivity contribution in [2.45, 2.75) is 38.8 Å². The van der Waals surface area contributed by atoms with Crippen molar-refractivity contribution >= 4 is 0 Å². The molecule has 1 atom stereocenters. The topological polar surface area (TPSA) is 30.3 Å². The maximum Gasteiger partial charge on any atom is 0.0645 e. The maximum atomic E-state index is 5.82. The van der Waals surface area contributed by atoms with Crippen LogP contribution in [0.15, 0.2) is 42.7 Å². The van der Waals surface area contributed by atoms with Gasteiger partial charge in [0.25, 0.3) is 0 Å². The van der Waals surface area contributed by atoms with E-state index in [1.54, 1.807) is 0 Å². The fourth-order valence-electron chi connectivity index (χ4n) is 3.49. The van der Waals surface area contributed by atoms with Crippen LogP contribution in [0.4, 0.5) is 0 Å². The van der Waals surface area contributed by atoms with Crippen molar-refractivity contribution in [3.05, 3.63) is 48.3 Å². The van der Waals surface area contributed by atoms with Crippen LogP contribution in [0.25, 0.3) is 5.69 Å². The Morgan fingerprint density at radius 1 is 1.30 bits per heavy atom. The van der Waals surface area contributed by atoms with Crippen LogP contribution >= 0.6 is 0 Å². The number of rotatable bonds is 5. The Morgan fingerprint density at radius 2 is 2.09 bits per heavy atom. The minimum atomic E-state index is 0.0297. The molecule has 0 unspecified atom stereocenters. The van der Waals surface area contributed by atoms with Gasteiger partial charge >= 0.3 is 0 Å². The second-order valence-corrected chi connectivity index (χ2v) is 7.29. The maximum absolute atomic E-state index is 5.82. The van der Waals surface area contributed by atoms with E-state index < -0.39 is 0 Å². The van der Waals surface area contributed by atoms with Gasteiger partial charge in [-0.15, -0.1) is 0 Å². The molecule has 0 radical (unpaired) electrons. The molecule has 124 valence electrons. The number of hydrogen-bond acceptors (Lipinski definition) is 3. The molecule has 1 aliphatic rings. The van der Waals surface area contributed by atoms with E-state index in [4.69, 9.17) is 4.74 Å². The first-order chi connectivity index (χ1) is 11.0. The third kappa shape index (κ3) is 4.43. The zero-order valence-electron chi connectivity index (χ0n) is 14.4. The molecular formula is C19H27N3O. The van der Waals surface area contributed by atoms with E-state index in [0.717, 1.165) is 38.2 Å². The van der Waals surface area contributed by atoms with Crippen LogP contribution in [0.2, 0.25) is 0 Å². The highest BCUT2D eigenvalue weighted by Crippen LogP contribution is 2.29. The lowest BCUT2D eigenvalue weighted by atomic mass is 9.88. The molecule has 1 aromatic carbocycles. The van der Waals surface area contributed by atoms with E-state index >= 15 is 0 Å². The quantitative estimate of drug-likeness (QED) is 0.846. The average Bonchev–Trinajstić information content (AvgIpc) is 2.95. The molecule has 1 fully saturated rings. The highest BCUT2D eigenvalue weighted by Gasteiger charge is 2.29. The van der Waals surface area contributed by atoms with Crippen LogP contribution in [0.1, 0.15) is 32.3 Å². The summed E-state index contributed by atoms with van der Waals surface area (Å²) in [7, 11) is 2.20. The van der Waals surface area contributed by atoms with Gasteiger partial charge in [-0.3, -0.25) is 0 Å². The Kier molecular flexibility index (Phi) is 4.83. The first kappa shape index (κ1) is 16.2. The molecule has 4 nitrogen and oxygen atoms in total. The fourth-order valence-corrected chi connectivity index (χ4v) is 3.49. The number of benzene rings is 1. The van der Waals surface area contributed by atoms with Crippen LogP contribution in [-0.4, -0.2) is 40.5 Å². The summed E-state index contributed by atoms with van der Waals surface area (Å²) in [6.07, 6.45) is 6.40. The molecule has 0 aliphatic carbocycles. The summed E-state index contributed by atoms with van der Waals surface area (Å²) in [6, 6.07) is 10.2. The van der Waals surface area contributed by atoms with E-state index in [1.165, 1.54) is 5.56 Å². The minimum absolute atomic E-state index is 0.0297. The normalized spacial score (nSPS) is 20.8. The summed E-state index contributed by atoms with van der Waals surface area (Å²) < 4.78 is 7.76. The summed E-state index contributed by atoms with van der Waals surface area (Å²) in [5, 5.41) is 4.48. The van der Waals surface area contributed by atoms with Gasteiger partial charge in [-0.2, -0.15) is 5.10 Å². The fraction of sp³-hybridized carbons (Fsp3) is 0.526. The van der Waals surface area contributed by atoms with Crippen LogP contribution in [0.5, 0.6) is 0 Å². The van der Waals surface area contributed by atoms with E-state index in [-0.39, 0.29) is 5.60 Å². The third-order valence-corrected chi connectivity index (χ3v) is 4.48.